The van der Waals surface area contributed by atoms with Crippen LogP contribution in [-0.2, 0) is 0 Å². The van der Waals surface area contributed by atoms with Gasteiger partial charge in [-0.3, -0.25) is 10.1 Å². The van der Waals surface area contributed by atoms with E-state index in [1.165, 1.54) is 37.4 Å². The number of benzene rings is 2. The van der Waals surface area contributed by atoms with E-state index in [-0.39, 0.29) is 28.7 Å². The van der Waals surface area contributed by atoms with Crippen molar-refractivity contribution < 1.29 is 18.6 Å². The van der Waals surface area contributed by atoms with Crippen LogP contribution in [0.25, 0.3) is 22.8 Å². The van der Waals surface area contributed by atoms with Crippen molar-refractivity contribution in [2.24, 2.45) is 0 Å². The first-order valence-electron chi connectivity index (χ1n) is 6.51. The Hall–Kier alpha value is -3.29. The normalized spacial score (nSPS) is 10.5. The smallest absolute Gasteiger partial charge is 0.273 e. The Kier molecular flexibility index (Phi) is 3.71. The van der Waals surface area contributed by atoms with Gasteiger partial charge in [-0.15, -0.1) is 0 Å². The van der Waals surface area contributed by atoms with Crippen molar-refractivity contribution >= 4 is 5.69 Å². The van der Waals surface area contributed by atoms with Crippen LogP contribution >= 0.6 is 0 Å². The van der Waals surface area contributed by atoms with Crippen molar-refractivity contribution in [3.8, 4) is 28.6 Å². The quantitative estimate of drug-likeness (QED) is 0.541. The molecule has 3 rings (SSSR count). The predicted octanol–water partition coefficient (Wildman–Crippen LogP) is 3.46. The molecule has 0 saturated carbocycles. The minimum atomic E-state index is -0.534. The molecule has 1 heterocycles. The first kappa shape index (κ1) is 14.6. The molecule has 0 saturated heterocycles. The molecule has 0 spiro atoms. The number of nitro benzene ring substituents is 1. The summed E-state index contributed by atoms with van der Waals surface area (Å²) in [7, 11) is 1.38. The molecule has 0 unspecified atom stereocenters. The lowest BCUT2D eigenvalue weighted by atomic mass is 10.1. The molecule has 116 valence electrons. The molecule has 0 N–H and O–H groups in total. The van der Waals surface area contributed by atoms with Gasteiger partial charge < -0.3 is 9.26 Å². The van der Waals surface area contributed by atoms with E-state index in [2.05, 4.69) is 10.1 Å². The van der Waals surface area contributed by atoms with Gasteiger partial charge >= 0.3 is 0 Å². The number of halogens is 1. The third kappa shape index (κ3) is 2.73. The molecule has 0 radical (unpaired) electrons. The van der Waals surface area contributed by atoms with Gasteiger partial charge in [0.2, 0.25) is 5.82 Å². The number of hydrogen-bond acceptors (Lipinski definition) is 6. The number of nitro groups is 1. The average Bonchev–Trinajstić information content (AvgIpc) is 3.04. The molecule has 0 aliphatic rings. The Balaban J connectivity index is 2.04. The van der Waals surface area contributed by atoms with E-state index in [0.29, 0.717) is 5.56 Å². The minimum absolute atomic E-state index is 0.0125. The van der Waals surface area contributed by atoms with E-state index in [1.807, 2.05) is 0 Å². The molecule has 0 aliphatic heterocycles. The summed E-state index contributed by atoms with van der Waals surface area (Å²) in [6.07, 6.45) is 0. The van der Waals surface area contributed by atoms with Gasteiger partial charge in [0.25, 0.3) is 11.6 Å². The Morgan fingerprint density at radius 2 is 2.00 bits per heavy atom. The Morgan fingerprint density at radius 1 is 1.22 bits per heavy atom. The Labute approximate surface area is 129 Å². The SMILES string of the molecule is COc1cc([N+](=O)[O-])ccc1-c1noc(-c2ccccc2F)n1. The van der Waals surface area contributed by atoms with Crippen molar-refractivity contribution in [3.05, 3.63) is 58.4 Å². The summed E-state index contributed by atoms with van der Waals surface area (Å²) in [4.78, 5) is 14.4. The van der Waals surface area contributed by atoms with E-state index in [4.69, 9.17) is 9.26 Å². The van der Waals surface area contributed by atoms with Gasteiger partial charge in [-0.2, -0.15) is 4.98 Å². The van der Waals surface area contributed by atoms with E-state index >= 15 is 0 Å². The maximum Gasteiger partial charge on any atom is 0.273 e. The topological polar surface area (TPSA) is 91.3 Å². The number of ether oxygens (including phenoxy) is 1. The zero-order valence-corrected chi connectivity index (χ0v) is 11.9. The predicted molar refractivity (Wildman–Crippen MR) is 78.3 cm³/mol. The molecule has 2 aromatic carbocycles. The molecule has 0 bridgehead atoms. The van der Waals surface area contributed by atoms with Crippen LogP contribution in [0.3, 0.4) is 0 Å². The summed E-state index contributed by atoms with van der Waals surface area (Å²) >= 11 is 0. The minimum Gasteiger partial charge on any atom is -0.496 e. The van der Waals surface area contributed by atoms with Crippen LogP contribution in [0, 0.1) is 15.9 Å². The lowest BCUT2D eigenvalue weighted by Gasteiger charge is -2.04. The van der Waals surface area contributed by atoms with Crippen LogP contribution in [0.1, 0.15) is 0 Å². The number of hydrogen-bond donors (Lipinski definition) is 0. The van der Waals surface area contributed by atoms with Crippen LogP contribution < -0.4 is 4.74 Å². The summed E-state index contributed by atoms with van der Waals surface area (Å²) in [6.45, 7) is 0. The zero-order valence-electron chi connectivity index (χ0n) is 11.9. The fourth-order valence-corrected chi connectivity index (χ4v) is 2.06. The number of non-ortho nitro benzene ring substituents is 1. The summed E-state index contributed by atoms with van der Waals surface area (Å²) < 4.78 is 23.9. The van der Waals surface area contributed by atoms with Crippen LogP contribution in [0.15, 0.2) is 47.0 Å². The van der Waals surface area contributed by atoms with Gasteiger partial charge in [0.1, 0.15) is 11.6 Å². The molecule has 7 nitrogen and oxygen atoms in total. The number of methoxy groups -OCH3 is 1. The van der Waals surface area contributed by atoms with Gasteiger partial charge in [-0.1, -0.05) is 17.3 Å². The summed E-state index contributed by atoms with van der Waals surface area (Å²) in [5.41, 5.74) is 0.458. The molecule has 3 aromatic rings. The highest BCUT2D eigenvalue weighted by Gasteiger charge is 2.19. The van der Waals surface area contributed by atoms with Gasteiger partial charge in [0, 0.05) is 6.07 Å². The standard InChI is InChI=1S/C15H10FN3O4/c1-22-13-8-9(19(20)21)6-7-11(13)14-17-15(23-18-14)10-4-2-3-5-12(10)16/h2-8H,1H3. The van der Waals surface area contributed by atoms with Gasteiger partial charge in [-0.05, 0) is 18.2 Å². The summed E-state index contributed by atoms with van der Waals surface area (Å²) in [6, 6.07) is 10.0. The fourth-order valence-electron chi connectivity index (χ4n) is 2.06. The lowest BCUT2D eigenvalue weighted by molar-refractivity contribution is -0.384. The molecule has 1 aromatic heterocycles. The van der Waals surface area contributed by atoms with Crippen molar-refractivity contribution in [2.45, 2.75) is 0 Å². The molecular weight excluding hydrogens is 305 g/mol. The molecular formula is C15H10FN3O4. The first-order valence-corrected chi connectivity index (χ1v) is 6.51. The fraction of sp³-hybridized carbons (Fsp3) is 0.0667. The maximum atomic E-state index is 13.7. The molecule has 0 aliphatic carbocycles. The molecule has 0 fully saturated rings. The highest BCUT2D eigenvalue weighted by molar-refractivity contribution is 5.68. The second kappa shape index (κ2) is 5.84. The van der Waals surface area contributed by atoms with E-state index < -0.39 is 10.7 Å². The summed E-state index contributed by atoms with van der Waals surface area (Å²) in [5, 5.41) is 14.6. The van der Waals surface area contributed by atoms with Crippen molar-refractivity contribution in [1.82, 2.24) is 10.1 Å². The zero-order chi connectivity index (χ0) is 16.4. The Bertz CT molecular complexity index is 879. The lowest BCUT2D eigenvalue weighted by Crippen LogP contribution is -1.93. The molecule has 8 heteroatoms. The average molecular weight is 315 g/mol. The number of nitrogens with zero attached hydrogens (tertiary/aromatic N) is 3. The van der Waals surface area contributed by atoms with Crippen LogP contribution in [0.2, 0.25) is 0 Å². The number of rotatable bonds is 4. The van der Waals surface area contributed by atoms with Gasteiger partial charge in [-0.25, -0.2) is 4.39 Å². The van der Waals surface area contributed by atoms with Crippen LogP contribution in [0.4, 0.5) is 10.1 Å². The maximum absolute atomic E-state index is 13.7. The van der Waals surface area contributed by atoms with Gasteiger partial charge in [0.15, 0.2) is 0 Å². The molecule has 0 atom stereocenters. The van der Waals surface area contributed by atoms with E-state index in [1.54, 1.807) is 12.1 Å². The highest BCUT2D eigenvalue weighted by Crippen LogP contribution is 2.33. The summed E-state index contributed by atoms with van der Waals surface area (Å²) in [5.74, 6) is -0.105. The number of aromatic nitrogens is 2. The molecule has 23 heavy (non-hydrogen) atoms. The van der Waals surface area contributed by atoms with Gasteiger partial charge in [0.05, 0.1) is 29.2 Å². The third-order valence-corrected chi connectivity index (χ3v) is 3.17. The third-order valence-electron chi connectivity index (χ3n) is 3.17. The van der Waals surface area contributed by atoms with E-state index in [9.17, 15) is 14.5 Å². The largest absolute Gasteiger partial charge is 0.496 e. The Morgan fingerprint density at radius 3 is 2.70 bits per heavy atom. The highest BCUT2D eigenvalue weighted by atomic mass is 19.1. The van der Waals surface area contributed by atoms with Crippen molar-refractivity contribution in [2.75, 3.05) is 7.11 Å². The van der Waals surface area contributed by atoms with E-state index in [0.717, 1.165) is 0 Å². The van der Waals surface area contributed by atoms with Crippen molar-refractivity contribution in [3.63, 3.8) is 0 Å². The monoisotopic (exact) mass is 315 g/mol. The van der Waals surface area contributed by atoms with Crippen LogP contribution in [0.5, 0.6) is 5.75 Å². The van der Waals surface area contributed by atoms with Crippen molar-refractivity contribution in [1.29, 1.82) is 0 Å². The second-order valence-electron chi connectivity index (χ2n) is 4.54. The molecule has 0 amide bonds. The second-order valence-corrected chi connectivity index (χ2v) is 4.54. The first-order chi connectivity index (χ1) is 11.1. The van der Waals surface area contributed by atoms with Crippen LogP contribution in [-0.4, -0.2) is 22.2 Å².